The third-order valence-corrected chi connectivity index (χ3v) is 6.45. The molecule has 0 radical (unpaired) electrons. The summed E-state index contributed by atoms with van der Waals surface area (Å²) in [5.74, 6) is -1.71. The standard InChI is InChI=1S/C26H51N7O6/c1-10-11-12-33(15-21(35)32(9)26(39)31(8)20(27)14-17(4)5)24(37)22(18(6)34)29-23(36)19(13-16(2)3)30(7)25(28)38/h16-20,22,34H,10-15,27H2,1-9H3,(H2,28,38)(H,29,36)/t18-,19+,20+,22+/m1/s1. The zero-order chi connectivity index (χ0) is 30.6. The van der Waals surface area contributed by atoms with E-state index in [1.54, 1.807) is 0 Å². The molecule has 0 fully saturated rings. The molecule has 0 heterocycles. The van der Waals surface area contributed by atoms with Gasteiger partial charge in [-0.2, -0.15) is 0 Å². The van der Waals surface area contributed by atoms with Gasteiger partial charge in [-0.25, -0.2) is 9.59 Å². The minimum atomic E-state index is -1.39. The van der Waals surface area contributed by atoms with E-state index in [4.69, 9.17) is 11.5 Å². The first-order valence-corrected chi connectivity index (χ1v) is 13.5. The molecule has 0 aliphatic carbocycles. The van der Waals surface area contributed by atoms with Gasteiger partial charge in [-0.15, -0.1) is 0 Å². The van der Waals surface area contributed by atoms with Gasteiger partial charge in [0.05, 0.1) is 12.3 Å². The molecule has 0 saturated heterocycles. The molecule has 0 saturated carbocycles. The number of nitrogens with two attached hydrogens (primary N) is 2. The largest absolute Gasteiger partial charge is 0.391 e. The first-order valence-electron chi connectivity index (χ1n) is 13.5. The fraction of sp³-hybridized carbons (Fsp3) is 0.808. The Morgan fingerprint density at radius 2 is 1.44 bits per heavy atom. The lowest BCUT2D eigenvalue weighted by atomic mass is 10.0. The van der Waals surface area contributed by atoms with Crippen molar-refractivity contribution in [2.45, 2.75) is 91.6 Å². The number of urea groups is 2. The Morgan fingerprint density at radius 1 is 0.897 bits per heavy atom. The Morgan fingerprint density at radius 3 is 1.87 bits per heavy atom. The topological polar surface area (TPSA) is 183 Å². The summed E-state index contributed by atoms with van der Waals surface area (Å²) in [7, 11) is 4.21. The van der Waals surface area contributed by atoms with Crippen molar-refractivity contribution in [2.24, 2.45) is 23.3 Å². The van der Waals surface area contributed by atoms with Gasteiger partial charge >= 0.3 is 12.1 Å². The predicted molar refractivity (Wildman–Crippen MR) is 149 cm³/mol. The molecule has 39 heavy (non-hydrogen) atoms. The Labute approximate surface area is 233 Å². The van der Waals surface area contributed by atoms with Crippen LogP contribution >= 0.6 is 0 Å². The maximum absolute atomic E-state index is 13.5. The number of carbonyl (C=O) groups excluding carboxylic acids is 5. The predicted octanol–water partition coefficient (Wildman–Crippen LogP) is 0.747. The van der Waals surface area contributed by atoms with E-state index in [1.807, 2.05) is 34.6 Å². The summed E-state index contributed by atoms with van der Waals surface area (Å²) in [6, 6.07) is -3.77. The molecule has 0 spiro atoms. The number of primary amides is 1. The number of rotatable bonds is 15. The van der Waals surface area contributed by atoms with E-state index in [1.165, 1.54) is 37.9 Å². The van der Waals surface area contributed by atoms with Crippen molar-refractivity contribution in [1.82, 2.24) is 24.9 Å². The van der Waals surface area contributed by atoms with Crippen molar-refractivity contribution < 1.29 is 29.1 Å². The molecule has 13 nitrogen and oxygen atoms in total. The molecule has 0 unspecified atom stereocenters. The Hall–Kier alpha value is -2.93. The van der Waals surface area contributed by atoms with Gasteiger partial charge in [-0.05, 0) is 38.0 Å². The van der Waals surface area contributed by atoms with Crippen LogP contribution in [0.5, 0.6) is 0 Å². The molecule has 6 N–H and O–H groups in total. The maximum Gasteiger partial charge on any atom is 0.327 e. The van der Waals surface area contributed by atoms with E-state index in [0.29, 0.717) is 19.3 Å². The van der Waals surface area contributed by atoms with Gasteiger partial charge in [0.25, 0.3) is 0 Å². The number of amides is 7. The zero-order valence-electron chi connectivity index (χ0n) is 25.1. The lowest BCUT2D eigenvalue weighted by Crippen LogP contribution is -2.60. The van der Waals surface area contributed by atoms with Crippen molar-refractivity contribution in [3.05, 3.63) is 0 Å². The Balaban J connectivity index is 5.84. The Bertz CT molecular complexity index is 836. The first-order chi connectivity index (χ1) is 18.0. The number of unbranched alkanes of at least 4 members (excludes halogenated alkanes) is 1. The minimum Gasteiger partial charge on any atom is -0.391 e. The van der Waals surface area contributed by atoms with Crippen molar-refractivity contribution in [2.75, 3.05) is 34.2 Å². The van der Waals surface area contributed by atoms with E-state index in [2.05, 4.69) is 5.32 Å². The highest BCUT2D eigenvalue weighted by atomic mass is 16.3. The molecule has 0 aliphatic heterocycles. The number of carbonyl (C=O) groups is 5. The number of aliphatic hydroxyl groups excluding tert-OH is 1. The zero-order valence-corrected chi connectivity index (χ0v) is 25.1. The van der Waals surface area contributed by atoms with Crippen LogP contribution in [0.1, 0.15) is 67.2 Å². The van der Waals surface area contributed by atoms with Gasteiger partial charge in [0.2, 0.25) is 17.7 Å². The second-order valence-corrected chi connectivity index (χ2v) is 11.0. The van der Waals surface area contributed by atoms with Crippen LogP contribution in [0, 0.1) is 11.8 Å². The summed E-state index contributed by atoms with van der Waals surface area (Å²) < 4.78 is 0. The van der Waals surface area contributed by atoms with E-state index in [-0.39, 0.29) is 24.8 Å². The smallest absolute Gasteiger partial charge is 0.327 e. The van der Waals surface area contributed by atoms with Crippen LogP contribution in [0.15, 0.2) is 0 Å². The third kappa shape index (κ3) is 11.8. The van der Waals surface area contributed by atoms with Gasteiger partial charge in [0.1, 0.15) is 18.6 Å². The van der Waals surface area contributed by atoms with Gasteiger partial charge in [0, 0.05) is 27.7 Å². The molecule has 0 aliphatic rings. The second kappa shape index (κ2) is 16.9. The summed E-state index contributed by atoms with van der Waals surface area (Å²) in [5, 5.41) is 13.0. The van der Waals surface area contributed by atoms with Crippen LogP contribution in [0.4, 0.5) is 9.59 Å². The average Bonchev–Trinajstić information content (AvgIpc) is 2.84. The molecule has 0 aromatic heterocycles. The fourth-order valence-electron chi connectivity index (χ4n) is 3.89. The molecule has 0 bridgehead atoms. The van der Waals surface area contributed by atoms with Crippen LogP contribution in [-0.4, -0.2) is 113 Å². The first kappa shape index (κ1) is 36.1. The van der Waals surface area contributed by atoms with Gasteiger partial charge in [-0.1, -0.05) is 41.0 Å². The lowest BCUT2D eigenvalue weighted by molar-refractivity contribution is -0.144. The quantitative estimate of drug-likeness (QED) is 0.214. The maximum atomic E-state index is 13.5. The van der Waals surface area contributed by atoms with Crippen LogP contribution in [-0.2, 0) is 14.4 Å². The summed E-state index contributed by atoms with van der Waals surface area (Å²) >= 11 is 0. The van der Waals surface area contributed by atoms with Crippen LogP contribution in [0.25, 0.3) is 0 Å². The van der Waals surface area contributed by atoms with Gasteiger partial charge in [-0.3, -0.25) is 19.3 Å². The highest BCUT2D eigenvalue weighted by Crippen LogP contribution is 2.13. The number of nitrogens with one attached hydrogen (secondary N) is 1. The van der Waals surface area contributed by atoms with Gasteiger partial charge in [0.15, 0.2) is 0 Å². The fourth-order valence-corrected chi connectivity index (χ4v) is 3.89. The average molecular weight is 558 g/mol. The molecule has 0 rings (SSSR count). The van der Waals surface area contributed by atoms with Crippen molar-refractivity contribution in [3.8, 4) is 0 Å². The molecular weight excluding hydrogens is 506 g/mol. The van der Waals surface area contributed by atoms with E-state index in [9.17, 15) is 29.1 Å². The minimum absolute atomic E-state index is 0.0294. The number of imide groups is 1. The molecule has 13 heteroatoms. The van der Waals surface area contributed by atoms with Gasteiger partial charge < -0.3 is 36.6 Å². The second-order valence-electron chi connectivity index (χ2n) is 11.0. The normalized spacial score (nSPS) is 14.3. The lowest BCUT2D eigenvalue weighted by Gasteiger charge is -2.33. The van der Waals surface area contributed by atoms with Crippen molar-refractivity contribution in [3.63, 3.8) is 0 Å². The van der Waals surface area contributed by atoms with Crippen LogP contribution in [0.3, 0.4) is 0 Å². The number of aliphatic hydroxyl groups is 1. The number of hydrogen-bond acceptors (Lipinski definition) is 7. The van der Waals surface area contributed by atoms with E-state index >= 15 is 0 Å². The number of hydrogen-bond donors (Lipinski definition) is 4. The molecular formula is C26H51N7O6. The number of nitrogens with zero attached hydrogens (tertiary/aromatic N) is 4. The van der Waals surface area contributed by atoms with E-state index < -0.39 is 60.7 Å². The molecule has 226 valence electrons. The summed E-state index contributed by atoms with van der Waals surface area (Å²) in [6.07, 6.45) is 0.200. The molecule has 0 aromatic carbocycles. The molecule has 0 aromatic rings. The number of likely N-dealkylation sites (N-methyl/N-ethyl adjacent to an activating group) is 2. The summed E-state index contributed by atoms with van der Waals surface area (Å²) in [4.78, 5) is 68.8. The van der Waals surface area contributed by atoms with Crippen molar-refractivity contribution in [1.29, 1.82) is 0 Å². The van der Waals surface area contributed by atoms with Crippen LogP contribution < -0.4 is 16.8 Å². The van der Waals surface area contributed by atoms with Crippen LogP contribution in [0.2, 0.25) is 0 Å². The summed E-state index contributed by atoms with van der Waals surface area (Å²) in [6.45, 7) is 10.7. The highest BCUT2D eigenvalue weighted by molar-refractivity contribution is 5.98. The summed E-state index contributed by atoms with van der Waals surface area (Å²) in [5.41, 5.74) is 11.5. The SMILES string of the molecule is CCCCN(CC(=O)N(C)C(=O)N(C)[C@H](N)CC(C)C)C(=O)[C@@H](NC(=O)[C@H](CC(C)C)N(C)C(N)=O)[C@@H](C)O. The monoisotopic (exact) mass is 557 g/mol. The third-order valence-electron chi connectivity index (χ3n) is 6.45. The highest BCUT2D eigenvalue weighted by Gasteiger charge is 2.35. The van der Waals surface area contributed by atoms with Crippen molar-refractivity contribution >= 4 is 29.8 Å². The molecule has 4 atom stereocenters. The molecule has 7 amide bonds. The van der Waals surface area contributed by atoms with E-state index in [0.717, 1.165) is 9.80 Å². The Kier molecular flexibility index (Phi) is 15.6.